The number of nitrogens with one attached hydrogen (secondary N) is 1. The number of nitrogens with zero attached hydrogens (tertiary/aromatic N) is 4. The van der Waals surface area contributed by atoms with E-state index in [-0.39, 0.29) is 11.7 Å². The van der Waals surface area contributed by atoms with E-state index in [4.69, 9.17) is 0 Å². The molecular weight excluding hydrogens is 423 g/mol. The van der Waals surface area contributed by atoms with Gasteiger partial charge in [0.15, 0.2) is 0 Å². The molecule has 32 heavy (non-hydrogen) atoms. The number of alkyl halides is 3. The molecule has 3 aromatic rings. The van der Waals surface area contributed by atoms with E-state index in [9.17, 15) is 18.0 Å². The van der Waals surface area contributed by atoms with Crippen molar-refractivity contribution in [3.63, 3.8) is 0 Å². The average Bonchev–Trinajstić information content (AvgIpc) is 3.24. The lowest BCUT2D eigenvalue weighted by molar-refractivity contribution is -0.274. The molecule has 1 fully saturated rings. The van der Waals surface area contributed by atoms with Crippen molar-refractivity contribution < 1.29 is 22.7 Å². The SMILES string of the molecule is Cc1ccc(C(=O)Nc2cc(OC(F)(F)F)ccn2)cc1C1CCN(c2cncnc2)C1. The zero-order valence-corrected chi connectivity index (χ0v) is 17.1. The molecular formula is C22H20F3N5O2. The van der Waals surface area contributed by atoms with Gasteiger partial charge in [-0.3, -0.25) is 4.79 Å². The highest BCUT2D eigenvalue weighted by Crippen LogP contribution is 2.32. The van der Waals surface area contributed by atoms with E-state index in [2.05, 4.69) is 29.9 Å². The number of carbonyl (C=O) groups is 1. The molecule has 4 rings (SSSR count). The van der Waals surface area contributed by atoms with Crippen molar-refractivity contribution in [1.29, 1.82) is 0 Å². The quantitative estimate of drug-likeness (QED) is 0.633. The van der Waals surface area contributed by atoms with Crippen molar-refractivity contribution in [2.75, 3.05) is 23.3 Å². The molecule has 0 aliphatic carbocycles. The number of ether oxygens (including phenoxy) is 1. The summed E-state index contributed by atoms with van der Waals surface area (Å²) >= 11 is 0. The fourth-order valence-electron chi connectivity index (χ4n) is 3.79. The lowest BCUT2D eigenvalue weighted by atomic mass is 9.92. The van der Waals surface area contributed by atoms with Crippen LogP contribution in [-0.2, 0) is 0 Å². The van der Waals surface area contributed by atoms with Crippen LogP contribution in [0, 0.1) is 6.92 Å². The molecule has 7 nitrogen and oxygen atoms in total. The van der Waals surface area contributed by atoms with Crippen LogP contribution in [0.2, 0.25) is 0 Å². The van der Waals surface area contributed by atoms with E-state index < -0.39 is 18.0 Å². The summed E-state index contributed by atoms with van der Waals surface area (Å²) in [5.41, 5.74) is 3.47. The molecule has 1 unspecified atom stereocenters. The number of rotatable bonds is 5. The molecule has 2 aromatic heterocycles. The van der Waals surface area contributed by atoms with E-state index in [1.165, 1.54) is 6.33 Å². The zero-order valence-electron chi connectivity index (χ0n) is 17.1. The Labute approximate surface area is 182 Å². The second kappa shape index (κ2) is 8.81. The summed E-state index contributed by atoms with van der Waals surface area (Å²) in [6.07, 6.45) is 2.26. The number of aryl methyl sites for hydroxylation is 1. The minimum atomic E-state index is -4.82. The molecule has 166 valence electrons. The van der Waals surface area contributed by atoms with Crippen molar-refractivity contribution in [1.82, 2.24) is 15.0 Å². The van der Waals surface area contributed by atoms with Crippen LogP contribution in [0.15, 0.2) is 55.2 Å². The van der Waals surface area contributed by atoms with Crippen molar-refractivity contribution in [2.45, 2.75) is 25.6 Å². The maximum atomic E-state index is 12.7. The number of anilines is 2. The summed E-state index contributed by atoms with van der Waals surface area (Å²) in [6.45, 7) is 3.62. The van der Waals surface area contributed by atoms with E-state index in [0.717, 1.165) is 54.7 Å². The predicted molar refractivity (Wildman–Crippen MR) is 112 cm³/mol. The van der Waals surface area contributed by atoms with Gasteiger partial charge in [-0.05, 0) is 42.7 Å². The van der Waals surface area contributed by atoms with Crippen molar-refractivity contribution in [3.05, 3.63) is 71.9 Å². The van der Waals surface area contributed by atoms with Crippen LogP contribution < -0.4 is 15.0 Å². The van der Waals surface area contributed by atoms with Gasteiger partial charge in [0.05, 0.1) is 18.1 Å². The van der Waals surface area contributed by atoms with Crippen molar-refractivity contribution >= 4 is 17.4 Å². The van der Waals surface area contributed by atoms with Crippen LogP contribution in [0.25, 0.3) is 0 Å². The Morgan fingerprint density at radius 3 is 2.72 bits per heavy atom. The molecule has 3 heterocycles. The third-order valence-corrected chi connectivity index (χ3v) is 5.29. The van der Waals surface area contributed by atoms with Gasteiger partial charge in [0.1, 0.15) is 17.9 Å². The highest BCUT2D eigenvalue weighted by molar-refractivity contribution is 6.04. The van der Waals surface area contributed by atoms with Crippen molar-refractivity contribution in [3.8, 4) is 5.75 Å². The summed E-state index contributed by atoms with van der Waals surface area (Å²) in [4.78, 5) is 27.0. The van der Waals surface area contributed by atoms with E-state index in [0.29, 0.717) is 5.56 Å². The summed E-state index contributed by atoms with van der Waals surface area (Å²) in [5, 5.41) is 2.53. The Kier molecular flexibility index (Phi) is 5.93. The number of benzene rings is 1. The zero-order chi connectivity index (χ0) is 22.7. The molecule has 0 bridgehead atoms. The second-order valence-corrected chi connectivity index (χ2v) is 7.48. The molecule has 1 atom stereocenters. The molecule has 1 N–H and O–H groups in total. The van der Waals surface area contributed by atoms with E-state index in [1.54, 1.807) is 18.5 Å². The largest absolute Gasteiger partial charge is 0.573 e. The minimum Gasteiger partial charge on any atom is -0.406 e. The van der Waals surface area contributed by atoms with Crippen LogP contribution in [0.1, 0.15) is 33.8 Å². The molecule has 1 aromatic carbocycles. The smallest absolute Gasteiger partial charge is 0.406 e. The number of hydrogen-bond acceptors (Lipinski definition) is 6. The standard InChI is InChI=1S/C22H20F3N5O2/c1-14-2-3-15(21(31)29-20-9-18(4-6-28-20)32-22(23,24)25)8-19(14)16-5-7-30(12-16)17-10-26-13-27-11-17/h2-4,6,8-11,13,16H,5,7,12H2,1H3,(H,28,29,31). The molecule has 0 saturated carbocycles. The highest BCUT2D eigenvalue weighted by atomic mass is 19.4. The van der Waals surface area contributed by atoms with Crippen LogP contribution in [0.3, 0.4) is 0 Å². The lowest BCUT2D eigenvalue weighted by Gasteiger charge is -2.19. The molecule has 0 spiro atoms. The molecule has 0 radical (unpaired) electrons. The van der Waals surface area contributed by atoms with Gasteiger partial charge in [0, 0.05) is 36.8 Å². The highest BCUT2D eigenvalue weighted by Gasteiger charge is 2.31. The number of pyridine rings is 1. The Morgan fingerprint density at radius 2 is 1.97 bits per heavy atom. The maximum Gasteiger partial charge on any atom is 0.573 e. The second-order valence-electron chi connectivity index (χ2n) is 7.48. The topological polar surface area (TPSA) is 80.2 Å². The molecule has 1 saturated heterocycles. The first-order chi connectivity index (χ1) is 15.3. The predicted octanol–water partition coefficient (Wildman–Crippen LogP) is 4.32. The van der Waals surface area contributed by atoms with Gasteiger partial charge >= 0.3 is 6.36 Å². The van der Waals surface area contributed by atoms with Crippen LogP contribution in [-0.4, -0.2) is 40.3 Å². The van der Waals surface area contributed by atoms with Crippen molar-refractivity contribution in [2.24, 2.45) is 0 Å². The summed E-state index contributed by atoms with van der Waals surface area (Å²) in [6, 6.07) is 7.47. The number of halogens is 3. The first-order valence-electron chi connectivity index (χ1n) is 9.92. The minimum absolute atomic E-state index is 0.0324. The number of carbonyl (C=O) groups excluding carboxylic acids is 1. The molecule has 10 heteroatoms. The lowest BCUT2D eigenvalue weighted by Crippen LogP contribution is -2.20. The van der Waals surface area contributed by atoms with Gasteiger partial charge in [-0.25, -0.2) is 15.0 Å². The first kappa shape index (κ1) is 21.5. The first-order valence-corrected chi connectivity index (χ1v) is 9.92. The van der Waals surface area contributed by atoms with Gasteiger partial charge < -0.3 is 15.0 Å². The van der Waals surface area contributed by atoms with Gasteiger partial charge in [0.25, 0.3) is 5.91 Å². The fraction of sp³-hybridized carbons (Fsp3) is 0.273. The molecule has 1 amide bonds. The monoisotopic (exact) mass is 443 g/mol. The fourth-order valence-corrected chi connectivity index (χ4v) is 3.79. The normalized spacial score (nSPS) is 16.1. The Morgan fingerprint density at radius 1 is 1.19 bits per heavy atom. The number of aromatic nitrogens is 3. The third kappa shape index (κ3) is 5.13. The Hall–Kier alpha value is -3.69. The summed E-state index contributed by atoms with van der Waals surface area (Å²) in [7, 11) is 0. The van der Waals surface area contributed by atoms with E-state index >= 15 is 0 Å². The Balaban J connectivity index is 1.48. The van der Waals surface area contributed by atoms with Crippen LogP contribution in [0.5, 0.6) is 5.75 Å². The Bertz CT molecular complexity index is 1110. The van der Waals surface area contributed by atoms with E-state index in [1.807, 2.05) is 19.1 Å². The van der Waals surface area contributed by atoms with Crippen LogP contribution in [0.4, 0.5) is 24.7 Å². The number of amides is 1. The summed E-state index contributed by atoms with van der Waals surface area (Å²) < 4.78 is 41.2. The summed E-state index contributed by atoms with van der Waals surface area (Å²) in [5.74, 6) is -0.725. The molecule has 1 aliphatic rings. The van der Waals surface area contributed by atoms with Gasteiger partial charge in [-0.1, -0.05) is 6.07 Å². The maximum absolute atomic E-state index is 12.7. The average molecular weight is 443 g/mol. The number of hydrogen-bond donors (Lipinski definition) is 1. The van der Waals surface area contributed by atoms with Gasteiger partial charge in [-0.2, -0.15) is 0 Å². The van der Waals surface area contributed by atoms with Gasteiger partial charge in [-0.15, -0.1) is 13.2 Å². The van der Waals surface area contributed by atoms with Gasteiger partial charge in [0.2, 0.25) is 0 Å². The van der Waals surface area contributed by atoms with Crippen LogP contribution >= 0.6 is 0 Å². The molecule has 1 aliphatic heterocycles. The third-order valence-electron chi connectivity index (χ3n) is 5.29.